The molecule has 0 radical (unpaired) electrons. The maximum atomic E-state index is 12.4. The summed E-state index contributed by atoms with van der Waals surface area (Å²) < 4.78 is 9.31. The quantitative estimate of drug-likeness (QED) is 0.140. The number of benzene rings is 13. The van der Waals surface area contributed by atoms with Gasteiger partial charge in [-0.05, 0) is 155 Å². The topological polar surface area (TPSA) is 47.9 Å². The lowest BCUT2D eigenvalue weighted by Gasteiger charge is -2.24. The van der Waals surface area contributed by atoms with Crippen molar-refractivity contribution in [1.29, 1.82) is 5.26 Å². The molecule has 86 heavy (non-hydrogen) atoms. The van der Waals surface area contributed by atoms with E-state index in [1.54, 1.807) is 0 Å². The van der Waals surface area contributed by atoms with Crippen molar-refractivity contribution in [2.24, 2.45) is 0 Å². The second kappa shape index (κ2) is 19.3. The van der Waals surface area contributed by atoms with Crippen molar-refractivity contribution in [3.63, 3.8) is 0 Å². The third-order valence-corrected chi connectivity index (χ3v) is 17.6. The fraction of sp³-hybridized carbons (Fsp3) is 0. The van der Waals surface area contributed by atoms with Crippen molar-refractivity contribution < 1.29 is 0 Å². The highest BCUT2D eigenvalue weighted by Gasteiger charge is 2.31. The van der Waals surface area contributed by atoms with Gasteiger partial charge in [-0.3, -0.25) is 0 Å². The molecule has 0 aliphatic heterocycles. The van der Waals surface area contributed by atoms with Gasteiger partial charge in [0.15, 0.2) is 0 Å². The van der Waals surface area contributed by atoms with Gasteiger partial charge in [0.05, 0.1) is 62.3 Å². The fourth-order valence-electron chi connectivity index (χ4n) is 14.0. The van der Waals surface area contributed by atoms with Gasteiger partial charge >= 0.3 is 0 Å². The van der Waals surface area contributed by atoms with Gasteiger partial charge in [-0.2, -0.15) is 5.26 Å². The molecule has 13 aromatic carbocycles. The van der Waals surface area contributed by atoms with Crippen molar-refractivity contribution in [2.75, 3.05) is 0 Å². The van der Waals surface area contributed by atoms with Gasteiger partial charge in [-0.1, -0.05) is 170 Å². The van der Waals surface area contributed by atoms with E-state index >= 15 is 0 Å². The van der Waals surface area contributed by atoms with Crippen LogP contribution >= 0.6 is 0 Å². The molecule has 0 saturated carbocycles. The number of nitriles is 1. The van der Waals surface area contributed by atoms with E-state index in [1.807, 2.05) is 6.07 Å². The summed E-state index contributed by atoms with van der Waals surface area (Å²) in [5, 5.41) is 21.0. The molecule has 17 aromatic rings. The van der Waals surface area contributed by atoms with E-state index in [2.05, 4.69) is 309 Å². The smallest absolute Gasteiger partial charge is 0.204 e. The molecule has 0 bridgehead atoms. The highest BCUT2D eigenvalue weighted by atomic mass is 15.0. The van der Waals surface area contributed by atoms with Crippen LogP contribution in [0.3, 0.4) is 0 Å². The maximum absolute atomic E-state index is 12.4. The third kappa shape index (κ3) is 7.24. The van der Waals surface area contributed by atoms with Crippen LogP contribution < -0.4 is 0 Å². The standard InChI is InChI=1S/C80H48N6/c1-82-80-77(52-39-43-73-64(47-52)60-31-15-19-35-69(60)84(73)56-24-8-3-9-25-56)67(50-81)76(51-38-42-72-63(46-51)59-30-14-18-34-68(59)83(72)55-22-6-2-7-23-55)78(53-40-44-74-65(48-53)61-32-16-20-36-70(61)85(74)57-26-10-4-11-27-57)79(80)54-41-45-75-66(49-54)62-33-17-21-37-71(62)86(75)58-28-12-5-13-29-58/h2-49H. The van der Waals surface area contributed by atoms with Gasteiger partial charge in [-0.25, -0.2) is 4.85 Å². The van der Waals surface area contributed by atoms with E-state index in [0.717, 1.165) is 149 Å². The zero-order chi connectivity index (χ0) is 57.0. The fourth-order valence-corrected chi connectivity index (χ4v) is 14.0. The van der Waals surface area contributed by atoms with Gasteiger partial charge in [0.2, 0.25) is 5.69 Å². The van der Waals surface area contributed by atoms with Crippen LogP contribution in [-0.4, -0.2) is 18.3 Å². The summed E-state index contributed by atoms with van der Waals surface area (Å²) in [5.74, 6) is 0. The molecule has 0 unspecified atom stereocenters. The van der Waals surface area contributed by atoms with Crippen LogP contribution in [0.25, 0.3) is 159 Å². The Bertz CT molecular complexity index is 5510. The summed E-state index contributed by atoms with van der Waals surface area (Å²) in [6, 6.07) is 106. The molecule has 0 spiro atoms. The van der Waals surface area contributed by atoms with E-state index in [4.69, 9.17) is 4.85 Å². The van der Waals surface area contributed by atoms with E-state index in [-0.39, 0.29) is 0 Å². The molecule has 398 valence electrons. The van der Waals surface area contributed by atoms with Gasteiger partial charge in [-0.15, -0.1) is 0 Å². The Hall–Kier alpha value is -12.0. The monoisotopic (exact) mass is 1090 g/mol. The Morgan fingerprint density at radius 2 is 0.512 bits per heavy atom. The highest BCUT2D eigenvalue weighted by Crippen LogP contribution is 2.55. The molecule has 17 rings (SSSR count). The molecular weight excluding hydrogens is 1040 g/mol. The van der Waals surface area contributed by atoms with Gasteiger partial charge < -0.3 is 18.3 Å². The SMILES string of the molecule is [C-]#[N+]c1c(-c2ccc3c(c2)c2ccccc2n3-c2ccccc2)c(C#N)c(-c2ccc3c(c2)c2ccccc2n3-c2ccccc2)c(-c2ccc3c(c2)c2ccccc2n3-c2ccccc2)c1-c1ccc2c(c1)c1ccccc1n2-c1ccccc1. The molecule has 4 aromatic heterocycles. The molecule has 0 aliphatic carbocycles. The van der Waals surface area contributed by atoms with Crippen LogP contribution in [0.15, 0.2) is 291 Å². The Labute approximate surface area is 495 Å². The largest absolute Gasteiger partial charge is 0.309 e. The van der Waals surface area contributed by atoms with Crippen molar-refractivity contribution in [3.8, 4) is 73.3 Å². The van der Waals surface area contributed by atoms with Crippen LogP contribution in [-0.2, 0) is 0 Å². The lowest BCUT2D eigenvalue weighted by molar-refractivity contribution is 1.18. The molecule has 4 heterocycles. The lowest BCUT2D eigenvalue weighted by Crippen LogP contribution is -2.00. The van der Waals surface area contributed by atoms with Crippen LogP contribution in [0, 0.1) is 17.9 Å². The van der Waals surface area contributed by atoms with Crippen molar-refractivity contribution in [3.05, 3.63) is 308 Å². The molecule has 6 nitrogen and oxygen atoms in total. The number of nitrogens with zero attached hydrogens (tertiary/aromatic N) is 6. The van der Waals surface area contributed by atoms with E-state index in [1.165, 1.54) is 0 Å². The summed E-state index contributed by atoms with van der Waals surface area (Å²) in [6.07, 6.45) is 0. The van der Waals surface area contributed by atoms with Gasteiger partial charge in [0, 0.05) is 77.0 Å². The third-order valence-electron chi connectivity index (χ3n) is 17.6. The maximum Gasteiger partial charge on any atom is 0.204 e. The normalized spacial score (nSPS) is 11.7. The molecule has 0 saturated heterocycles. The second-order valence-electron chi connectivity index (χ2n) is 22.1. The first-order chi connectivity index (χ1) is 42.6. The summed E-state index contributed by atoms with van der Waals surface area (Å²) >= 11 is 0. The minimum Gasteiger partial charge on any atom is -0.309 e. The first kappa shape index (κ1) is 48.7. The molecule has 6 heteroatoms. The summed E-state index contributed by atoms with van der Waals surface area (Å²) in [4.78, 5) is 4.71. The van der Waals surface area contributed by atoms with Crippen molar-refractivity contribution in [1.82, 2.24) is 18.3 Å². The predicted octanol–water partition coefficient (Wildman–Crippen LogP) is 21.2. The van der Waals surface area contributed by atoms with E-state index < -0.39 is 0 Å². The number of rotatable bonds is 8. The second-order valence-corrected chi connectivity index (χ2v) is 22.1. The minimum atomic E-state index is 0.408. The molecule has 0 aliphatic rings. The Morgan fingerprint density at radius 1 is 0.256 bits per heavy atom. The minimum absolute atomic E-state index is 0.408. The first-order valence-electron chi connectivity index (χ1n) is 29.0. The number of fused-ring (bicyclic) bond motifs is 12. The average molecular weight is 1090 g/mol. The van der Waals surface area contributed by atoms with Crippen LogP contribution in [0.1, 0.15) is 5.56 Å². The van der Waals surface area contributed by atoms with Crippen LogP contribution in [0.4, 0.5) is 5.69 Å². The van der Waals surface area contributed by atoms with Crippen molar-refractivity contribution >= 4 is 92.9 Å². The van der Waals surface area contributed by atoms with E-state index in [9.17, 15) is 11.8 Å². The first-order valence-corrected chi connectivity index (χ1v) is 29.0. The average Bonchev–Trinajstić information content (AvgIpc) is 1.63. The summed E-state index contributed by atoms with van der Waals surface area (Å²) in [6.45, 7) is 9.67. The zero-order valence-corrected chi connectivity index (χ0v) is 46.4. The van der Waals surface area contributed by atoms with Gasteiger partial charge in [0.1, 0.15) is 0 Å². The highest BCUT2D eigenvalue weighted by molar-refractivity contribution is 6.19. The number of hydrogen-bond donors (Lipinski definition) is 0. The summed E-state index contributed by atoms with van der Waals surface area (Å²) in [5.41, 5.74) is 20.0. The Morgan fingerprint density at radius 3 is 0.814 bits per heavy atom. The molecule has 0 N–H and O–H groups in total. The summed E-state index contributed by atoms with van der Waals surface area (Å²) in [7, 11) is 0. The molecule has 0 fully saturated rings. The number of hydrogen-bond acceptors (Lipinski definition) is 1. The molecule has 0 amide bonds. The Kier molecular flexibility index (Phi) is 11.0. The van der Waals surface area contributed by atoms with Crippen LogP contribution in [0.2, 0.25) is 0 Å². The predicted molar refractivity (Wildman–Crippen MR) is 357 cm³/mol. The van der Waals surface area contributed by atoms with E-state index in [0.29, 0.717) is 16.8 Å². The van der Waals surface area contributed by atoms with Crippen molar-refractivity contribution in [2.45, 2.75) is 0 Å². The zero-order valence-electron chi connectivity index (χ0n) is 46.4. The molecule has 0 atom stereocenters. The number of aromatic nitrogens is 4. The van der Waals surface area contributed by atoms with Gasteiger partial charge in [0.25, 0.3) is 0 Å². The molecular formula is C80H48N6. The Balaban J connectivity index is 1.04. The lowest BCUT2D eigenvalue weighted by atomic mass is 9.79. The van der Waals surface area contributed by atoms with Crippen LogP contribution in [0.5, 0.6) is 0 Å². The number of para-hydroxylation sites is 8.